The average molecular weight is 431 g/mol. The lowest BCUT2D eigenvalue weighted by molar-refractivity contribution is -0.122. The van der Waals surface area contributed by atoms with Crippen molar-refractivity contribution in [1.82, 2.24) is 0 Å². The number of carbonyl (C=O) groups is 2. The number of nitrogens with zero attached hydrogens (tertiary/aromatic N) is 1. The summed E-state index contributed by atoms with van der Waals surface area (Å²) in [5.41, 5.74) is 3.18. The maximum atomic E-state index is 13.3. The minimum absolute atomic E-state index is 0.0791. The standard InChI is InChI=1S/C27H27FN2O2/c28-23-11-6-12-24(18-23)29-26(31)17-20-13-15-25(16-14-20)30(19-21-7-2-1-3-8-21)27(32)22-9-4-5-10-22/h1-3,6-8,11-16,18,22H,4-5,9-10,17,19H2,(H,29,31). The molecule has 3 aromatic carbocycles. The Morgan fingerprint density at radius 1 is 0.875 bits per heavy atom. The smallest absolute Gasteiger partial charge is 0.230 e. The number of anilines is 2. The zero-order valence-electron chi connectivity index (χ0n) is 18.0. The SMILES string of the molecule is O=C(Cc1ccc(N(Cc2ccccc2)C(=O)C2CCCC2)cc1)Nc1cccc(F)c1. The molecule has 0 spiro atoms. The summed E-state index contributed by atoms with van der Waals surface area (Å²) >= 11 is 0. The molecule has 4 rings (SSSR count). The quantitative estimate of drug-likeness (QED) is 0.520. The Balaban J connectivity index is 1.47. The van der Waals surface area contributed by atoms with E-state index >= 15 is 0 Å². The van der Waals surface area contributed by atoms with Gasteiger partial charge in [-0.1, -0.05) is 61.4 Å². The van der Waals surface area contributed by atoms with Gasteiger partial charge in [0.2, 0.25) is 11.8 Å². The third-order valence-corrected chi connectivity index (χ3v) is 5.88. The summed E-state index contributed by atoms with van der Waals surface area (Å²) in [6, 6.07) is 23.4. The van der Waals surface area contributed by atoms with Crippen molar-refractivity contribution in [1.29, 1.82) is 0 Å². The molecule has 0 aromatic heterocycles. The van der Waals surface area contributed by atoms with E-state index in [4.69, 9.17) is 0 Å². The fourth-order valence-corrected chi connectivity index (χ4v) is 4.21. The molecular formula is C27H27FN2O2. The molecule has 1 aliphatic rings. The molecular weight excluding hydrogens is 403 g/mol. The fraction of sp³-hybridized carbons (Fsp3) is 0.259. The summed E-state index contributed by atoms with van der Waals surface area (Å²) in [6.45, 7) is 0.523. The summed E-state index contributed by atoms with van der Waals surface area (Å²) in [4.78, 5) is 27.5. The molecule has 0 radical (unpaired) electrons. The Labute approximate surface area is 188 Å². The van der Waals surface area contributed by atoms with E-state index in [1.54, 1.807) is 12.1 Å². The van der Waals surface area contributed by atoms with Gasteiger partial charge in [0, 0.05) is 17.3 Å². The number of rotatable bonds is 7. The van der Waals surface area contributed by atoms with E-state index in [2.05, 4.69) is 5.32 Å². The lowest BCUT2D eigenvalue weighted by Crippen LogP contribution is -2.35. The van der Waals surface area contributed by atoms with Crippen LogP contribution < -0.4 is 10.2 Å². The molecule has 2 amide bonds. The molecule has 0 bridgehead atoms. The molecule has 0 unspecified atom stereocenters. The van der Waals surface area contributed by atoms with Gasteiger partial charge in [0.25, 0.3) is 0 Å². The van der Waals surface area contributed by atoms with Gasteiger partial charge in [-0.3, -0.25) is 9.59 Å². The lowest BCUT2D eigenvalue weighted by Gasteiger charge is -2.26. The van der Waals surface area contributed by atoms with E-state index in [9.17, 15) is 14.0 Å². The summed E-state index contributed by atoms with van der Waals surface area (Å²) in [7, 11) is 0. The van der Waals surface area contributed by atoms with E-state index < -0.39 is 5.82 Å². The van der Waals surface area contributed by atoms with Crippen LogP contribution >= 0.6 is 0 Å². The van der Waals surface area contributed by atoms with Gasteiger partial charge in [-0.25, -0.2) is 4.39 Å². The topological polar surface area (TPSA) is 49.4 Å². The Hall–Kier alpha value is -3.47. The first-order chi connectivity index (χ1) is 15.6. The maximum Gasteiger partial charge on any atom is 0.230 e. The zero-order valence-corrected chi connectivity index (χ0v) is 18.0. The van der Waals surface area contributed by atoms with Crippen LogP contribution in [-0.4, -0.2) is 11.8 Å². The van der Waals surface area contributed by atoms with Gasteiger partial charge >= 0.3 is 0 Å². The van der Waals surface area contributed by atoms with Crippen LogP contribution in [0.3, 0.4) is 0 Å². The first kappa shape index (κ1) is 21.8. The monoisotopic (exact) mass is 430 g/mol. The number of halogens is 1. The van der Waals surface area contributed by atoms with Crippen molar-refractivity contribution in [2.24, 2.45) is 5.92 Å². The third kappa shape index (κ3) is 5.61. The highest BCUT2D eigenvalue weighted by molar-refractivity contribution is 5.95. The molecule has 0 saturated heterocycles. The average Bonchev–Trinajstić information content (AvgIpc) is 3.33. The van der Waals surface area contributed by atoms with Crippen LogP contribution in [0.15, 0.2) is 78.9 Å². The van der Waals surface area contributed by atoms with Gasteiger partial charge in [0.1, 0.15) is 5.82 Å². The third-order valence-electron chi connectivity index (χ3n) is 5.88. The van der Waals surface area contributed by atoms with E-state index in [1.807, 2.05) is 59.5 Å². The van der Waals surface area contributed by atoms with Crippen molar-refractivity contribution in [2.75, 3.05) is 10.2 Å². The highest BCUT2D eigenvalue weighted by Crippen LogP contribution is 2.30. The molecule has 1 saturated carbocycles. The molecule has 0 atom stereocenters. The Morgan fingerprint density at radius 2 is 1.59 bits per heavy atom. The normalized spacial score (nSPS) is 13.7. The second-order valence-corrected chi connectivity index (χ2v) is 8.29. The van der Waals surface area contributed by atoms with Crippen LogP contribution in [0.5, 0.6) is 0 Å². The van der Waals surface area contributed by atoms with Crippen LogP contribution in [0.25, 0.3) is 0 Å². The number of hydrogen-bond acceptors (Lipinski definition) is 2. The number of carbonyl (C=O) groups excluding carboxylic acids is 2. The van der Waals surface area contributed by atoms with E-state index in [0.717, 1.165) is 42.5 Å². The van der Waals surface area contributed by atoms with Crippen molar-refractivity contribution < 1.29 is 14.0 Å². The Morgan fingerprint density at radius 3 is 2.28 bits per heavy atom. The Kier molecular flexibility index (Phi) is 6.95. The fourth-order valence-electron chi connectivity index (χ4n) is 4.21. The minimum Gasteiger partial charge on any atom is -0.326 e. The molecule has 1 N–H and O–H groups in total. The van der Waals surface area contributed by atoms with Gasteiger partial charge in [-0.15, -0.1) is 0 Å². The van der Waals surface area contributed by atoms with Crippen molar-refractivity contribution in [2.45, 2.75) is 38.6 Å². The maximum absolute atomic E-state index is 13.3. The van der Waals surface area contributed by atoms with E-state index in [1.165, 1.54) is 12.1 Å². The number of benzene rings is 3. The van der Waals surface area contributed by atoms with Crippen molar-refractivity contribution in [3.63, 3.8) is 0 Å². The van der Waals surface area contributed by atoms with Gasteiger partial charge < -0.3 is 10.2 Å². The van der Waals surface area contributed by atoms with Crippen molar-refractivity contribution >= 4 is 23.2 Å². The van der Waals surface area contributed by atoms with Gasteiger partial charge in [-0.05, 0) is 54.3 Å². The highest BCUT2D eigenvalue weighted by Gasteiger charge is 2.28. The molecule has 1 aliphatic carbocycles. The first-order valence-electron chi connectivity index (χ1n) is 11.1. The lowest BCUT2D eigenvalue weighted by atomic mass is 10.0. The van der Waals surface area contributed by atoms with E-state index in [-0.39, 0.29) is 24.2 Å². The van der Waals surface area contributed by atoms with Crippen LogP contribution in [-0.2, 0) is 22.6 Å². The minimum atomic E-state index is -0.391. The molecule has 0 aliphatic heterocycles. The molecule has 3 aromatic rings. The van der Waals surface area contributed by atoms with Crippen LogP contribution in [0.2, 0.25) is 0 Å². The molecule has 32 heavy (non-hydrogen) atoms. The number of amides is 2. The van der Waals surface area contributed by atoms with Crippen molar-refractivity contribution in [3.05, 3.63) is 95.8 Å². The van der Waals surface area contributed by atoms with Gasteiger partial charge in [-0.2, -0.15) is 0 Å². The second kappa shape index (κ2) is 10.2. The van der Waals surface area contributed by atoms with E-state index in [0.29, 0.717) is 12.2 Å². The molecule has 1 fully saturated rings. The zero-order chi connectivity index (χ0) is 22.3. The van der Waals surface area contributed by atoms with Gasteiger partial charge in [0.05, 0.1) is 13.0 Å². The van der Waals surface area contributed by atoms with Crippen LogP contribution in [0.4, 0.5) is 15.8 Å². The molecule has 164 valence electrons. The van der Waals surface area contributed by atoms with Crippen molar-refractivity contribution in [3.8, 4) is 0 Å². The summed E-state index contributed by atoms with van der Waals surface area (Å²) < 4.78 is 13.3. The predicted octanol–water partition coefficient (Wildman–Crippen LogP) is 5.73. The van der Waals surface area contributed by atoms with Crippen LogP contribution in [0, 0.1) is 11.7 Å². The summed E-state index contributed by atoms with van der Waals surface area (Å²) in [5, 5.41) is 2.71. The first-order valence-corrected chi connectivity index (χ1v) is 11.1. The predicted molar refractivity (Wildman–Crippen MR) is 125 cm³/mol. The largest absolute Gasteiger partial charge is 0.326 e. The highest BCUT2D eigenvalue weighted by atomic mass is 19.1. The van der Waals surface area contributed by atoms with Gasteiger partial charge in [0.15, 0.2) is 0 Å². The summed E-state index contributed by atoms with van der Waals surface area (Å²) in [5.74, 6) is -0.359. The molecule has 4 nitrogen and oxygen atoms in total. The number of nitrogens with one attached hydrogen (secondary N) is 1. The van der Waals surface area contributed by atoms with Crippen LogP contribution in [0.1, 0.15) is 36.8 Å². The molecule has 5 heteroatoms. The Bertz CT molecular complexity index is 1060. The second-order valence-electron chi connectivity index (χ2n) is 8.29. The number of hydrogen-bond donors (Lipinski definition) is 1. The summed E-state index contributed by atoms with van der Waals surface area (Å²) in [6.07, 6.45) is 4.28. The molecule has 0 heterocycles.